The molecule has 0 fully saturated rings. The fraction of sp³-hybridized carbons (Fsp3) is 0.125. The Morgan fingerprint density at radius 3 is 2.83 bits per heavy atom. The summed E-state index contributed by atoms with van der Waals surface area (Å²) in [5.74, 6) is 1.46. The van der Waals surface area contributed by atoms with Gasteiger partial charge in [0, 0.05) is 11.5 Å². The van der Waals surface area contributed by atoms with Crippen LogP contribution in [-0.2, 0) is 16.1 Å². The van der Waals surface area contributed by atoms with Gasteiger partial charge in [-0.25, -0.2) is 0 Å². The SMILES string of the molecule is N#CC1=COC=C(C2=CC=CC[C@@H]2c2cccc(OCc3ccc(Cl)c(Cl)c3)c2)O1. The second-order valence-electron chi connectivity index (χ2n) is 6.76. The van der Waals surface area contributed by atoms with E-state index in [1.807, 2.05) is 42.5 Å². The van der Waals surface area contributed by atoms with Crippen LogP contribution >= 0.6 is 23.2 Å². The van der Waals surface area contributed by atoms with Crippen molar-refractivity contribution < 1.29 is 14.2 Å². The lowest BCUT2D eigenvalue weighted by molar-refractivity contribution is 0.241. The molecule has 6 heteroatoms. The number of nitriles is 1. The molecule has 0 N–H and O–H groups in total. The van der Waals surface area contributed by atoms with Crippen LogP contribution in [0.15, 0.2) is 90.3 Å². The molecule has 30 heavy (non-hydrogen) atoms. The van der Waals surface area contributed by atoms with Crippen molar-refractivity contribution in [2.24, 2.45) is 0 Å². The summed E-state index contributed by atoms with van der Waals surface area (Å²) >= 11 is 12.1. The van der Waals surface area contributed by atoms with Gasteiger partial charge in [-0.2, -0.15) is 5.26 Å². The zero-order valence-electron chi connectivity index (χ0n) is 15.8. The summed E-state index contributed by atoms with van der Waals surface area (Å²) in [6.45, 7) is 0.381. The zero-order valence-corrected chi connectivity index (χ0v) is 17.4. The lowest BCUT2D eigenvalue weighted by Gasteiger charge is -2.25. The van der Waals surface area contributed by atoms with Crippen LogP contribution in [0.3, 0.4) is 0 Å². The van der Waals surface area contributed by atoms with Crippen LogP contribution < -0.4 is 4.74 Å². The molecule has 0 saturated heterocycles. The van der Waals surface area contributed by atoms with E-state index in [0.29, 0.717) is 22.4 Å². The standard InChI is InChI=1S/C24H17Cl2NO3/c25-22-9-8-16(10-23(22)26)13-29-18-5-3-4-17(11-18)20-6-1-2-7-21(20)24-15-28-14-19(12-27)30-24/h1-5,7-11,14-15,20H,6,13H2/t20-/m1/s1. The van der Waals surface area contributed by atoms with E-state index in [1.54, 1.807) is 12.1 Å². The fourth-order valence-corrected chi connectivity index (χ4v) is 3.64. The van der Waals surface area contributed by atoms with Gasteiger partial charge in [0.25, 0.3) is 0 Å². The average Bonchev–Trinajstić information content (AvgIpc) is 2.80. The van der Waals surface area contributed by atoms with Crippen molar-refractivity contribution in [1.29, 1.82) is 5.26 Å². The number of benzene rings is 2. The molecule has 2 aromatic rings. The lowest BCUT2D eigenvalue weighted by atomic mass is 9.84. The van der Waals surface area contributed by atoms with Crippen LogP contribution in [0.1, 0.15) is 23.5 Å². The van der Waals surface area contributed by atoms with Gasteiger partial charge in [-0.1, -0.05) is 59.6 Å². The minimum absolute atomic E-state index is 0.0522. The Labute approximate surface area is 184 Å². The number of ether oxygens (including phenoxy) is 3. The Kier molecular flexibility index (Phi) is 6.13. The highest BCUT2D eigenvalue weighted by Gasteiger charge is 2.25. The van der Waals surface area contributed by atoms with E-state index < -0.39 is 0 Å². The van der Waals surface area contributed by atoms with E-state index in [0.717, 1.165) is 28.9 Å². The van der Waals surface area contributed by atoms with Crippen LogP contribution in [0.2, 0.25) is 10.0 Å². The van der Waals surface area contributed by atoms with Gasteiger partial charge in [-0.05, 0) is 41.8 Å². The average molecular weight is 438 g/mol. The quantitative estimate of drug-likeness (QED) is 0.516. The Morgan fingerprint density at radius 1 is 1.10 bits per heavy atom. The number of hydrogen-bond donors (Lipinski definition) is 0. The Hall–Kier alpha value is -3.13. The van der Waals surface area contributed by atoms with Crippen LogP contribution in [0.4, 0.5) is 0 Å². The second kappa shape index (κ2) is 9.13. The van der Waals surface area contributed by atoms with Crippen LogP contribution in [-0.4, -0.2) is 0 Å². The molecule has 2 aliphatic rings. The van der Waals surface area contributed by atoms with Gasteiger partial charge in [0.15, 0.2) is 5.76 Å². The van der Waals surface area contributed by atoms with E-state index in [2.05, 4.69) is 12.1 Å². The van der Waals surface area contributed by atoms with Crippen molar-refractivity contribution in [3.05, 3.63) is 111 Å². The summed E-state index contributed by atoms with van der Waals surface area (Å²) in [5.41, 5.74) is 2.96. The first-order chi connectivity index (χ1) is 14.6. The monoisotopic (exact) mass is 437 g/mol. The topological polar surface area (TPSA) is 51.5 Å². The molecule has 0 amide bonds. The van der Waals surface area contributed by atoms with Crippen molar-refractivity contribution in [2.45, 2.75) is 18.9 Å². The van der Waals surface area contributed by atoms with Crippen molar-refractivity contribution in [1.82, 2.24) is 0 Å². The summed E-state index contributed by atoms with van der Waals surface area (Å²) in [7, 11) is 0. The fourth-order valence-electron chi connectivity index (χ4n) is 3.32. The molecule has 0 bridgehead atoms. The largest absolute Gasteiger partial charge is 0.489 e. The number of allylic oxidation sites excluding steroid dienone is 5. The zero-order chi connectivity index (χ0) is 20.9. The van der Waals surface area contributed by atoms with Gasteiger partial charge in [0.2, 0.25) is 5.76 Å². The molecule has 0 unspecified atom stereocenters. The van der Waals surface area contributed by atoms with Crippen molar-refractivity contribution >= 4 is 23.2 Å². The van der Waals surface area contributed by atoms with E-state index >= 15 is 0 Å². The Bertz CT molecular complexity index is 1130. The van der Waals surface area contributed by atoms with Gasteiger partial charge in [-0.15, -0.1) is 0 Å². The highest BCUT2D eigenvalue weighted by Crippen LogP contribution is 2.38. The van der Waals surface area contributed by atoms with E-state index in [-0.39, 0.29) is 11.7 Å². The molecule has 0 aromatic heterocycles. The minimum Gasteiger partial charge on any atom is -0.489 e. The highest BCUT2D eigenvalue weighted by atomic mass is 35.5. The molecule has 150 valence electrons. The first-order valence-corrected chi connectivity index (χ1v) is 10.1. The molecule has 4 rings (SSSR count). The van der Waals surface area contributed by atoms with Crippen molar-refractivity contribution in [2.75, 3.05) is 0 Å². The third kappa shape index (κ3) is 4.54. The Morgan fingerprint density at radius 2 is 2.00 bits per heavy atom. The van der Waals surface area contributed by atoms with Crippen molar-refractivity contribution in [3.63, 3.8) is 0 Å². The predicted molar refractivity (Wildman–Crippen MR) is 116 cm³/mol. The van der Waals surface area contributed by atoms with Crippen LogP contribution in [0.5, 0.6) is 5.75 Å². The maximum atomic E-state index is 9.10. The summed E-state index contributed by atoms with van der Waals surface area (Å²) < 4.78 is 16.9. The maximum Gasteiger partial charge on any atom is 0.239 e. The molecule has 0 radical (unpaired) electrons. The van der Waals surface area contributed by atoms with E-state index in [4.69, 9.17) is 42.7 Å². The number of nitrogens with zero attached hydrogens (tertiary/aromatic N) is 1. The molecule has 1 heterocycles. The van der Waals surface area contributed by atoms with Crippen LogP contribution in [0, 0.1) is 11.3 Å². The molecule has 0 spiro atoms. The van der Waals surface area contributed by atoms with Crippen molar-refractivity contribution in [3.8, 4) is 11.8 Å². The third-order valence-corrected chi connectivity index (χ3v) is 5.51. The number of halogens is 2. The molecular weight excluding hydrogens is 421 g/mol. The molecule has 1 atom stereocenters. The number of rotatable bonds is 5. The van der Waals surface area contributed by atoms with E-state index in [1.165, 1.54) is 12.5 Å². The highest BCUT2D eigenvalue weighted by molar-refractivity contribution is 6.42. The third-order valence-electron chi connectivity index (χ3n) is 4.77. The summed E-state index contributed by atoms with van der Waals surface area (Å²) in [5, 5.41) is 10.1. The normalized spacial score (nSPS) is 17.6. The van der Waals surface area contributed by atoms with Gasteiger partial charge in [0.1, 0.15) is 30.9 Å². The molecule has 2 aromatic carbocycles. The van der Waals surface area contributed by atoms with Gasteiger partial charge in [-0.3, -0.25) is 0 Å². The van der Waals surface area contributed by atoms with E-state index in [9.17, 15) is 0 Å². The van der Waals surface area contributed by atoms with Gasteiger partial charge in [0.05, 0.1) is 10.0 Å². The molecular formula is C24H17Cl2NO3. The first-order valence-electron chi connectivity index (χ1n) is 9.31. The summed E-state index contributed by atoms with van der Waals surface area (Å²) in [6, 6.07) is 15.4. The molecule has 4 nitrogen and oxygen atoms in total. The lowest BCUT2D eigenvalue weighted by Crippen LogP contribution is -2.11. The molecule has 1 aliphatic carbocycles. The van der Waals surface area contributed by atoms with Gasteiger partial charge < -0.3 is 14.2 Å². The molecule has 0 saturated carbocycles. The number of hydrogen-bond acceptors (Lipinski definition) is 4. The summed E-state index contributed by atoms with van der Waals surface area (Å²) in [6.07, 6.45) is 9.66. The second-order valence-corrected chi connectivity index (χ2v) is 7.58. The maximum absolute atomic E-state index is 9.10. The molecule has 1 aliphatic heterocycles. The Balaban J connectivity index is 1.51. The van der Waals surface area contributed by atoms with Crippen LogP contribution in [0.25, 0.3) is 0 Å². The smallest absolute Gasteiger partial charge is 0.239 e. The minimum atomic E-state index is 0.0522. The predicted octanol–water partition coefficient (Wildman–Crippen LogP) is 6.80. The van der Waals surface area contributed by atoms with Gasteiger partial charge >= 0.3 is 0 Å². The first kappa shape index (κ1) is 20.2. The summed E-state index contributed by atoms with van der Waals surface area (Å²) in [4.78, 5) is 0.